The van der Waals surface area contributed by atoms with E-state index in [1.807, 2.05) is 67.6 Å². The highest BCUT2D eigenvalue weighted by molar-refractivity contribution is 5.69. The first-order chi connectivity index (χ1) is 17.5. The van der Waals surface area contributed by atoms with Crippen molar-refractivity contribution in [2.24, 2.45) is 0 Å². The fourth-order valence-electron chi connectivity index (χ4n) is 4.84. The van der Waals surface area contributed by atoms with Gasteiger partial charge in [0.25, 0.3) is 0 Å². The van der Waals surface area contributed by atoms with Gasteiger partial charge in [-0.1, -0.05) is 30.3 Å². The van der Waals surface area contributed by atoms with E-state index >= 15 is 0 Å². The highest BCUT2D eigenvalue weighted by atomic mass is 16.5. The number of rotatable bonds is 9. The number of aryl methyl sites for hydroxylation is 2. The average molecular weight is 485 g/mol. The second-order valence-electron chi connectivity index (χ2n) is 9.14. The zero-order valence-electron chi connectivity index (χ0n) is 20.1. The van der Waals surface area contributed by atoms with Crippen molar-refractivity contribution in [3.8, 4) is 28.3 Å². The molecule has 184 valence electrons. The minimum atomic E-state index is -0.754. The van der Waals surface area contributed by atoms with Crippen molar-refractivity contribution in [2.75, 3.05) is 6.61 Å². The molecule has 3 N–H and O–H groups in total. The smallest absolute Gasteiger partial charge is 0.303 e. The SMILES string of the molecule is Cc1oc(-c2ccc(-c3cccc([NH2+][O-])c3)cc2)nc1CCOc1ccc2c(c1)CC[C@H]2CC(=O)O. The maximum Gasteiger partial charge on any atom is 0.303 e. The number of carboxylic acids is 1. The predicted molar refractivity (Wildman–Crippen MR) is 136 cm³/mol. The Labute approximate surface area is 209 Å². The average Bonchev–Trinajstić information content (AvgIpc) is 3.46. The van der Waals surface area contributed by atoms with Gasteiger partial charge >= 0.3 is 5.97 Å². The lowest BCUT2D eigenvalue weighted by molar-refractivity contribution is -0.497. The first-order valence-electron chi connectivity index (χ1n) is 12.1. The summed E-state index contributed by atoms with van der Waals surface area (Å²) >= 11 is 0. The van der Waals surface area contributed by atoms with Gasteiger partial charge in [-0.15, -0.1) is 0 Å². The quantitative estimate of drug-likeness (QED) is 0.251. The Bertz CT molecular complexity index is 1380. The fraction of sp³-hybridized carbons (Fsp3) is 0.241. The Hall–Kier alpha value is -3.94. The number of hydrogen-bond donors (Lipinski definition) is 2. The van der Waals surface area contributed by atoms with Crippen LogP contribution in [0, 0.1) is 12.1 Å². The number of fused-ring (bicyclic) bond motifs is 1. The van der Waals surface area contributed by atoms with Gasteiger partial charge in [0.2, 0.25) is 5.89 Å². The Kier molecular flexibility index (Phi) is 6.84. The third-order valence-electron chi connectivity index (χ3n) is 6.73. The van der Waals surface area contributed by atoms with E-state index in [0.29, 0.717) is 24.6 Å². The van der Waals surface area contributed by atoms with Crippen LogP contribution in [0.15, 0.2) is 71.1 Å². The molecule has 7 nitrogen and oxygen atoms in total. The van der Waals surface area contributed by atoms with Crippen molar-refractivity contribution >= 4 is 11.7 Å². The molecule has 0 aliphatic heterocycles. The van der Waals surface area contributed by atoms with Gasteiger partial charge in [-0.05, 0) is 78.3 Å². The molecule has 0 spiro atoms. The van der Waals surface area contributed by atoms with Crippen LogP contribution < -0.4 is 10.2 Å². The first kappa shape index (κ1) is 23.8. The number of quaternary nitrogens is 1. The number of carbonyl (C=O) groups is 1. The summed E-state index contributed by atoms with van der Waals surface area (Å²) in [5.74, 6) is 1.47. The number of carboxylic acid groups (broad SMARTS) is 1. The molecule has 0 saturated carbocycles. The summed E-state index contributed by atoms with van der Waals surface area (Å²) in [5, 5.41) is 20.2. The zero-order chi connectivity index (χ0) is 25.1. The largest absolute Gasteiger partial charge is 0.630 e. The second kappa shape index (κ2) is 10.4. The normalized spacial score (nSPS) is 14.6. The number of nitrogens with zero attached hydrogens (tertiary/aromatic N) is 1. The summed E-state index contributed by atoms with van der Waals surface area (Å²) in [5.41, 5.74) is 7.55. The number of aliphatic carboxylic acids is 1. The van der Waals surface area contributed by atoms with Gasteiger partial charge in [0, 0.05) is 18.1 Å². The van der Waals surface area contributed by atoms with Crippen LogP contribution >= 0.6 is 0 Å². The lowest BCUT2D eigenvalue weighted by Crippen LogP contribution is -2.70. The Morgan fingerprint density at radius 3 is 2.69 bits per heavy atom. The maximum absolute atomic E-state index is 11.1. The molecule has 0 amide bonds. The molecule has 1 heterocycles. The highest BCUT2D eigenvalue weighted by Gasteiger charge is 2.25. The number of hydrogen-bond acceptors (Lipinski definition) is 5. The summed E-state index contributed by atoms with van der Waals surface area (Å²) in [6.07, 6.45) is 2.55. The van der Waals surface area contributed by atoms with Crippen LogP contribution in [0.3, 0.4) is 0 Å². The molecular weight excluding hydrogens is 456 g/mol. The van der Waals surface area contributed by atoms with Crippen LogP contribution in [0.5, 0.6) is 5.75 Å². The summed E-state index contributed by atoms with van der Waals surface area (Å²) in [7, 11) is 0. The van der Waals surface area contributed by atoms with E-state index < -0.39 is 5.97 Å². The maximum atomic E-state index is 11.1. The standard InChI is InChI=1S/C29H28N2O5/c1-18-27(13-14-35-25-11-12-26-22(16-25)9-10-23(26)17-28(32)33)30-29(36-18)20-7-5-19(6-8-20)21-3-2-4-24(15-21)31-34/h2-8,11-12,15-16,23H,9-10,13-14,17,31H2,1H3,(H,32,33)/t23-/m0/s1. The zero-order valence-corrected chi connectivity index (χ0v) is 20.1. The molecule has 0 radical (unpaired) electrons. The van der Waals surface area contributed by atoms with E-state index in [1.165, 1.54) is 5.56 Å². The van der Waals surface area contributed by atoms with E-state index in [2.05, 4.69) is 4.98 Å². The Morgan fingerprint density at radius 2 is 1.92 bits per heavy atom. The van der Waals surface area contributed by atoms with E-state index in [9.17, 15) is 10.0 Å². The van der Waals surface area contributed by atoms with E-state index in [-0.39, 0.29) is 12.3 Å². The van der Waals surface area contributed by atoms with E-state index in [0.717, 1.165) is 57.8 Å². The third-order valence-corrected chi connectivity index (χ3v) is 6.73. The molecule has 1 atom stereocenters. The van der Waals surface area contributed by atoms with Crippen LogP contribution in [-0.4, -0.2) is 22.7 Å². The van der Waals surface area contributed by atoms with Crippen molar-refractivity contribution in [1.29, 1.82) is 0 Å². The lowest BCUT2D eigenvalue weighted by Gasteiger charge is -2.10. The van der Waals surface area contributed by atoms with Crippen LogP contribution in [0.1, 0.15) is 41.3 Å². The van der Waals surface area contributed by atoms with Gasteiger partial charge in [0.05, 0.1) is 18.7 Å². The summed E-state index contributed by atoms with van der Waals surface area (Å²) in [6, 6.07) is 21.4. The van der Waals surface area contributed by atoms with Gasteiger partial charge in [-0.25, -0.2) is 4.98 Å². The molecule has 1 aliphatic carbocycles. The Balaban J connectivity index is 1.21. The molecule has 36 heavy (non-hydrogen) atoms. The van der Waals surface area contributed by atoms with Crippen LogP contribution in [0.25, 0.3) is 22.6 Å². The topological polar surface area (TPSA) is 112 Å². The van der Waals surface area contributed by atoms with Crippen molar-refractivity contribution < 1.29 is 24.5 Å². The van der Waals surface area contributed by atoms with Gasteiger partial charge in [0.15, 0.2) is 0 Å². The summed E-state index contributed by atoms with van der Waals surface area (Å²) < 4.78 is 11.9. The van der Waals surface area contributed by atoms with Crippen LogP contribution in [0.4, 0.5) is 5.69 Å². The monoisotopic (exact) mass is 484 g/mol. The molecule has 0 fully saturated rings. The fourth-order valence-corrected chi connectivity index (χ4v) is 4.84. The van der Waals surface area contributed by atoms with Crippen LogP contribution in [0.2, 0.25) is 0 Å². The molecule has 3 aromatic carbocycles. The number of benzene rings is 3. The summed E-state index contributed by atoms with van der Waals surface area (Å²) in [6.45, 7) is 2.37. The second-order valence-corrected chi connectivity index (χ2v) is 9.14. The van der Waals surface area contributed by atoms with E-state index in [1.54, 1.807) is 6.07 Å². The number of ether oxygens (including phenoxy) is 1. The minimum absolute atomic E-state index is 0.0957. The molecular formula is C29H28N2O5. The molecule has 7 heteroatoms. The number of aromatic nitrogens is 1. The van der Waals surface area contributed by atoms with Gasteiger partial charge in [-0.3, -0.25) is 4.79 Å². The molecule has 5 rings (SSSR count). The lowest BCUT2D eigenvalue weighted by atomic mass is 9.98. The highest BCUT2D eigenvalue weighted by Crippen LogP contribution is 2.37. The number of oxazole rings is 1. The van der Waals surface area contributed by atoms with Crippen molar-refractivity contribution in [3.63, 3.8) is 0 Å². The first-order valence-corrected chi connectivity index (χ1v) is 12.1. The summed E-state index contributed by atoms with van der Waals surface area (Å²) in [4.78, 5) is 15.8. The molecule has 0 unspecified atom stereocenters. The minimum Gasteiger partial charge on any atom is -0.630 e. The van der Waals surface area contributed by atoms with Gasteiger partial charge < -0.3 is 24.9 Å². The van der Waals surface area contributed by atoms with E-state index in [4.69, 9.17) is 14.3 Å². The van der Waals surface area contributed by atoms with Gasteiger partial charge in [-0.2, -0.15) is 0 Å². The molecule has 4 aromatic rings. The Morgan fingerprint density at radius 1 is 1.11 bits per heavy atom. The van der Waals surface area contributed by atoms with Crippen molar-refractivity contribution in [2.45, 2.75) is 38.5 Å². The van der Waals surface area contributed by atoms with Gasteiger partial charge in [0.1, 0.15) is 17.2 Å². The van der Waals surface area contributed by atoms with Crippen molar-refractivity contribution in [3.05, 3.63) is 94.5 Å². The number of nitrogens with two attached hydrogens (primary N) is 1. The third kappa shape index (κ3) is 5.17. The van der Waals surface area contributed by atoms with Crippen molar-refractivity contribution in [1.82, 2.24) is 4.98 Å². The molecule has 0 saturated heterocycles. The molecule has 1 aliphatic rings. The molecule has 1 aromatic heterocycles. The predicted octanol–water partition coefficient (Wildman–Crippen LogP) is 5.14. The van der Waals surface area contributed by atoms with Crippen LogP contribution in [-0.2, 0) is 17.6 Å². The molecule has 0 bridgehead atoms.